The third-order valence-electron chi connectivity index (χ3n) is 4.67. The van der Waals surface area contributed by atoms with Crippen LogP contribution in [0.4, 0.5) is 0 Å². The first kappa shape index (κ1) is 18.0. The molecule has 118 valence electrons. The van der Waals surface area contributed by atoms with Crippen LogP contribution in [0, 0.1) is 11.8 Å². The van der Waals surface area contributed by atoms with Crippen molar-refractivity contribution >= 4 is 29.9 Å². The summed E-state index contributed by atoms with van der Waals surface area (Å²) in [5, 5.41) is 0. The molecule has 2 aliphatic heterocycles. The minimum atomic E-state index is 0. The van der Waals surface area contributed by atoms with E-state index < -0.39 is 0 Å². The van der Waals surface area contributed by atoms with Gasteiger partial charge in [-0.25, -0.2) is 0 Å². The molecule has 2 heterocycles. The molecule has 0 unspecified atom stereocenters. The Balaban J connectivity index is 0.00000200. The van der Waals surface area contributed by atoms with Crippen LogP contribution in [0.1, 0.15) is 39.5 Å². The number of likely N-dealkylation sites (tertiary alicyclic amines) is 2. The van der Waals surface area contributed by atoms with Gasteiger partial charge in [-0.1, -0.05) is 13.8 Å². The first-order valence-electron chi connectivity index (χ1n) is 7.92. The van der Waals surface area contributed by atoms with Crippen LogP contribution in [-0.4, -0.2) is 55.0 Å². The Labute approximate surface area is 141 Å². The zero-order chi connectivity index (χ0) is 13.7. The average Bonchev–Trinajstić information content (AvgIpc) is 2.41. The lowest BCUT2D eigenvalue weighted by Gasteiger charge is -2.31. The van der Waals surface area contributed by atoms with Gasteiger partial charge in [-0.15, -0.1) is 24.0 Å². The Hall–Kier alpha value is -0.0400. The summed E-state index contributed by atoms with van der Waals surface area (Å²) < 4.78 is 0. The topological polar surface area (TPSA) is 44.9 Å². The molecule has 0 radical (unpaired) electrons. The summed E-state index contributed by atoms with van der Waals surface area (Å²) in [6, 6.07) is 0. The number of halogens is 1. The molecular formula is C15H31IN4. The first-order valence-corrected chi connectivity index (χ1v) is 7.92. The van der Waals surface area contributed by atoms with Crippen LogP contribution in [-0.2, 0) is 0 Å². The van der Waals surface area contributed by atoms with E-state index in [0.29, 0.717) is 0 Å². The van der Waals surface area contributed by atoms with Crippen LogP contribution < -0.4 is 5.73 Å². The van der Waals surface area contributed by atoms with Crippen molar-refractivity contribution < 1.29 is 0 Å². The zero-order valence-corrected chi connectivity index (χ0v) is 15.4. The van der Waals surface area contributed by atoms with Gasteiger partial charge in [0, 0.05) is 19.6 Å². The predicted molar refractivity (Wildman–Crippen MR) is 96.7 cm³/mol. The van der Waals surface area contributed by atoms with E-state index >= 15 is 0 Å². The summed E-state index contributed by atoms with van der Waals surface area (Å²) in [6.45, 7) is 11.2. The Morgan fingerprint density at radius 1 is 1.00 bits per heavy atom. The minimum absolute atomic E-state index is 0. The second-order valence-electron chi connectivity index (χ2n) is 6.43. The Kier molecular flexibility index (Phi) is 8.17. The van der Waals surface area contributed by atoms with Crippen LogP contribution in [0.5, 0.6) is 0 Å². The highest BCUT2D eigenvalue weighted by molar-refractivity contribution is 14.0. The van der Waals surface area contributed by atoms with Crippen LogP contribution in [0.3, 0.4) is 0 Å². The second kappa shape index (κ2) is 9.07. The SMILES string of the molecule is CC1CCN(CCN=C(N)N2CCC(C)CC2)CC1.I. The summed E-state index contributed by atoms with van der Waals surface area (Å²) in [7, 11) is 0. The van der Waals surface area contributed by atoms with Gasteiger partial charge >= 0.3 is 0 Å². The lowest BCUT2D eigenvalue weighted by atomic mass is 9.99. The first-order chi connectivity index (χ1) is 9.15. The van der Waals surface area contributed by atoms with Crippen molar-refractivity contribution in [1.82, 2.24) is 9.80 Å². The summed E-state index contributed by atoms with van der Waals surface area (Å²) in [5.74, 6) is 2.51. The maximum atomic E-state index is 6.09. The third-order valence-corrected chi connectivity index (χ3v) is 4.67. The standard InChI is InChI=1S/C15H30N4.HI/c1-13-3-8-18(9-4-13)12-7-17-15(16)19-10-5-14(2)6-11-19;/h13-14H,3-12H2,1-2H3,(H2,16,17);1H. The zero-order valence-electron chi connectivity index (χ0n) is 13.1. The molecule has 0 aromatic carbocycles. The van der Waals surface area contributed by atoms with E-state index in [-0.39, 0.29) is 24.0 Å². The smallest absolute Gasteiger partial charge is 0.191 e. The maximum Gasteiger partial charge on any atom is 0.191 e. The highest BCUT2D eigenvalue weighted by Gasteiger charge is 2.17. The van der Waals surface area contributed by atoms with Gasteiger partial charge in [0.1, 0.15) is 0 Å². The van der Waals surface area contributed by atoms with Gasteiger partial charge in [0.05, 0.1) is 6.54 Å². The van der Waals surface area contributed by atoms with Gasteiger partial charge in [0.25, 0.3) is 0 Å². The lowest BCUT2D eigenvalue weighted by Crippen LogP contribution is -2.43. The molecule has 0 spiro atoms. The molecule has 4 nitrogen and oxygen atoms in total. The predicted octanol–water partition coefficient (Wildman–Crippen LogP) is 2.38. The normalized spacial score (nSPS) is 23.7. The molecule has 0 atom stereocenters. The number of nitrogens with two attached hydrogens (primary N) is 1. The minimum Gasteiger partial charge on any atom is -0.370 e. The van der Waals surface area contributed by atoms with E-state index in [9.17, 15) is 0 Å². The van der Waals surface area contributed by atoms with E-state index in [1.807, 2.05) is 0 Å². The van der Waals surface area contributed by atoms with Gasteiger partial charge in [-0.05, 0) is 50.6 Å². The number of nitrogens with zero attached hydrogens (tertiary/aromatic N) is 3. The number of hydrogen-bond donors (Lipinski definition) is 1. The number of aliphatic imine (C=N–C) groups is 1. The van der Waals surface area contributed by atoms with E-state index in [1.165, 1.54) is 38.8 Å². The monoisotopic (exact) mass is 394 g/mol. The van der Waals surface area contributed by atoms with Gasteiger partial charge in [0.15, 0.2) is 5.96 Å². The highest BCUT2D eigenvalue weighted by Crippen LogP contribution is 2.16. The van der Waals surface area contributed by atoms with Gasteiger partial charge < -0.3 is 15.5 Å². The summed E-state index contributed by atoms with van der Waals surface area (Å²) in [5.41, 5.74) is 6.09. The van der Waals surface area contributed by atoms with E-state index in [2.05, 4.69) is 28.6 Å². The molecular weight excluding hydrogens is 363 g/mol. The molecule has 0 amide bonds. The molecule has 2 rings (SSSR count). The number of piperidine rings is 2. The quantitative estimate of drug-likeness (QED) is 0.454. The molecule has 0 aliphatic carbocycles. The van der Waals surface area contributed by atoms with Crippen molar-refractivity contribution in [2.45, 2.75) is 39.5 Å². The number of guanidine groups is 1. The average molecular weight is 394 g/mol. The van der Waals surface area contributed by atoms with Crippen molar-refractivity contribution in [2.75, 3.05) is 39.3 Å². The van der Waals surface area contributed by atoms with E-state index in [1.54, 1.807) is 0 Å². The highest BCUT2D eigenvalue weighted by atomic mass is 127. The fourth-order valence-electron chi connectivity index (χ4n) is 2.93. The summed E-state index contributed by atoms with van der Waals surface area (Å²) >= 11 is 0. The fourth-order valence-corrected chi connectivity index (χ4v) is 2.93. The molecule has 2 aliphatic rings. The number of rotatable bonds is 3. The van der Waals surface area contributed by atoms with Crippen LogP contribution in [0.15, 0.2) is 4.99 Å². The van der Waals surface area contributed by atoms with Gasteiger partial charge in [-0.2, -0.15) is 0 Å². The third kappa shape index (κ3) is 5.76. The fraction of sp³-hybridized carbons (Fsp3) is 0.933. The molecule has 0 aromatic rings. The molecule has 2 saturated heterocycles. The van der Waals surface area contributed by atoms with Crippen LogP contribution >= 0.6 is 24.0 Å². The van der Waals surface area contributed by atoms with Crippen LogP contribution in [0.25, 0.3) is 0 Å². The maximum absolute atomic E-state index is 6.09. The van der Waals surface area contributed by atoms with Crippen molar-refractivity contribution in [3.63, 3.8) is 0 Å². The van der Waals surface area contributed by atoms with Gasteiger partial charge in [-0.3, -0.25) is 4.99 Å². The summed E-state index contributed by atoms with van der Waals surface area (Å²) in [6.07, 6.45) is 5.17. The Morgan fingerprint density at radius 2 is 1.50 bits per heavy atom. The molecule has 2 N–H and O–H groups in total. The molecule has 0 bridgehead atoms. The largest absolute Gasteiger partial charge is 0.370 e. The van der Waals surface area contributed by atoms with E-state index in [0.717, 1.165) is 44.0 Å². The van der Waals surface area contributed by atoms with Crippen molar-refractivity contribution in [2.24, 2.45) is 22.6 Å². The Morgan fingerprint density at radius 3 is 2.05 bits per heavy atom. The molecule has 5 heteroatoms. The number of hydrogen-bond acceptors (Lipinski definition) is 2. The molecule has 20 heavy (non-hydrogen) atoms. The van der Waals surface area contributed by atoms with Crippen molar-refractivity contribution in [1.29, 1.82) is 0 Å². The lowest BCUT2D eigenvalue weighted by molar-refractivity contribution is 0.197. The van der Waals surface area contributed by atoms with Gasteiger partial charge in [0.2, 0.25) is 0 Å². The van der Waals surface area contributed by atoms with E-state index in [4.69, 9.17) is 5.73 Å². The molecule has 2 fully saturated rings. The summed E-state index contributed by atoms with van der Waals surface area (Å²) in [4.78, 5) is 9.34. The molecule has 0 saturated carbocycles. The van der Waals surface area contributed by atoms with Crippen molar-refractivity contribution in [3.8, 4) is 0 Å². The molecule has 0 aromatic heterocycles. The van der Waals surface area contributed by atoms with Crippen LogP contribution in [0.2, 0.25) is 0 Å². The Bertz CT molecular complexity index is 292. The second-order valence-corrected chi connectivity index (χ2v) is 6.43. The van der Waals surface area contributed by atoms with Crippen molar-refractivity contribution in [3.05, 3.63) is 0 Å².